The third-order valence-corrected chi connectivity index (χ3v) is 10.9. The van der Waals surface area contributed by atoms with Gasteiger partial charge in [-0.3, -0.25) is 0 Å². The number of anilines is 3. The number of fused-ring (bicyclic) bond motifs is 7. The zero-order valence-corrected chi connectivity index (χ0v) is 29.8. The maximum absolute atomic E-state index is 6.95. The standard InChI is InChI=1S/C52H33NO2/c1-3-13-36(14-4-1)41-20-11-23-45-46-33-38(29-32-49(46)54-50(41)45)34-27-30-39(31-28-34)53(47-25-9-18-35-17-7-8-19-40(35)47)48-26-12-24-44-43-22-10-21-42(51(43)55-52(44)48)37-15-5-2-6-16-37/h1-33H. The summed E-state index contributed by atoms with van der Waals surface area (Å²) in [6, 6.07) is 70.7. The highest BCUT2D eigenvalue weighted by molar-refractivity contribution is 6.15. The van der Waals surface area contributed by atoms with Gasteiger partial charge in [0, 0.05) is 43.7 Å². The van der Waals surface area contributed by atoms with Crippen molar-refractivity contribution in [3.8, 4) is 33.4 Å². The summed E-state index contributed by atoms with van der Waals surface area (Å²) in [6.07, 6.45) is 0. The first-order valence-corrected chi connectivity index (χ1v) is 18.7. The van der Waals surface area contributed by atoms with Crippen LogP contribution in [0, 0.1) is 0 Å². The first kappa shape index (κ1) is 31.2. The Morgan fingerprint density at radius 2 is 0.836 bits per heavy atom. The zero-order valence-electron chi connectivity index (χ0n) is 29.8. The summed E-state index contributed by atoms with van der Waals surface area (Å²) in [5, 5.41) is 6.76. The Bertz CT molecular complexity index is 3190. The Morgan fingerprint density at radius 1 is 0.309 bits per heavy atom. The van der Waals surface area contributed by atoms with Crippen LogP contribution in [0.25, 0.3) is 88.0 Å². The average Bonchev–Trinajstić information content (AvgIpc) is 3.84. The van der Waals surface area contributed by atoms with Gasteiger partial charge in [-0.1, -0.05) is 164 Å². The van der Waals surface area contributed by atoms with E-state index in [1.807, 2.05) is 12.1 Å². The molecule has 9 aromatic carbocycles. The molecule has 0 atom stereocenters. The van der Waals surface area contributed by atoms with Gasteiger partial charge in [-0.05, 0) is 64.0 Å². The van der Waals surface area contributed by atoms with Crippen LogP contribution in [0.5, 0.6) is 0 Å². The van der Waals surface area contributed by atoms with Crippen LogP contribution >= 0.6 is 0 Å². The molecule has 258 valence electrons. The van der Waals surface area contributed by atoms with E-state index in [1.165, 1.54) is 10.8 Å². The van der Waals surface area contributed by atoms with Crippen molar-refractivity contribution in [2.45, 2.75) is 0 Å². The van der Waals surface area contributed by atoms with Gasteiger partial charge in [0.25, 0.3) is 0 Å². The lowest BCUT2D eigenvalue weighted by molar-refractivity contribution is 0.670. The number of hydrogen-bond donors (Lipinski definition) is 0. The first-order valence-electron chi connectivity index (χ1n) is 18.7. The van der Waals surface area contributed by atoms with Gasteiger partial charge in [-0.2, -0.15) is 0 Å². The van der Waals surface area contributed by atoms with E-state index in [-0.39, 0.29) is 0 Å². The van der Waals surface area contributed by atoms with Crippen molar-refractivity contribution in [3.05, 3.63) is 200 Å². The molecule has 0 N–H and O–H groups in total. The molecular weight excluding hydrogens is 671 g/mol. The predicted octanol–water partition coefficient (Wildman–Crippen LogP) is 15.1. The second-order valence-electron chi connectivity index (χ2n) is 14.0. The number of hydrogen-bond acceptors (Lipinski definition) is 3. The van der Waals surface area contributed by atoms with Gasteiger partial charge in [0.05, 0.1) is 11.4 Å². The molecule has 0 saturated carbocycles. The van der Waals surface area contributed by atoms with Crippen molar-refractivity contribution in [2.75, 3.05) is 4.90 Å². The predicted molar refractivity (Wildman–Crippen MR) is 229 cm³/mol. The average molecular weight is 704 g/mol. The fraction of sp³-hybridized carbons (Fsp3) is 0. The highest BCUT2D eigenvalue weighted by Gasteiger charge is 2.22. The van der Waals surface area contributed by atoms with Crippen LogP contribution in [0.4, 0.5) is 17.1 Å². The van der Waals surface area contributed by atoms with Crippen LogP contribution in [0.3, 0.4) is 0 Å². The largest absolute Gasteiger partial charge is 0.455 e. The molecule has 0 aliphatic carbocycles. The molecule has 0 bridgehead atoms. The molecule has 0 saturated heterocycles. The van der Waals surface area contributed by atoms with Crippen LogP contribution in [0.1, 0.15) is 0 Å². The van der Waals surface area contributed by atoms with Crippen molar-refractivity contribution in [1.29, 1.82) is 0 Å². The Morgan fingerprint density at radius 3 is 1.56 bits per heavy atom. The molecule has 0 spiro atoms. The van der Waals surface area contributed by atoms with Crippen LogP contribution in [0.2, 0.25) is 0 Å². The minimum atomic E-state index is 0.852. The monoisotopic (exact) mass is 703 g/mol. The molecule has 3 heteroatoms. The van der Waals surface area contributed by atoms with E-state index in [1.54, 1.807) is 0 Å². The summed E-state index contributed by atoms with van der Waals surface area (Å²) in [4.78, 5) is 2.34. The Labute approximate surface area is 317 Å². The van der Waals surface area contributed by atoms with Crippen LogP contribution in [0.15, 0.2) is 209 Å². The second-order valence-corrected chi connectivity index (χ2v) is 14.0. The molecule has 0 radical (unpaired) electrons. The highest BCUT2D eigenvalue weighted by atomic mass is 16.3. The van der Waals surface area contributed by atoms with E-state index in [2.05, 4.69) is 193 Å². The molecule has 55 heavy (non-hydrogen) atoms. The fourth-order valence-corrected chi connectivity index (χ4v) is 8.26. The third kappa shape index (κ3) is 5.13. The lowest BCUT2D eigenvalue weighted by atomic mass is 9.99. The summed E-state index contributed by atoms with van der Waals surface area (Å²) in [5.74, 6) is 0. The minimum Gasteiger partial charge on any atom is -0.455 e. The number of furan rings is 2. The zero-order chi connectivity index (χ0) is 36.3. The second kappa shape index (κ2) is 12.6. The highest BCUT2D eigenvalue weighted by Crippen LogP contribution is 2.46. The van der Waals surface area contributed by atoms with Crippen LogP contribution < -0.4 is 4.90 Å². The summed E-state index contributed by atoms with van der Waals surface area (Å²) >= 11 is 0. The molecule has 2 heterocycles. The van der Waals surface area contributed by atoms with E-state index in [0.717, 1.165) is 94.3 Å². The van der Waals surface area contributed by atoms with E-state index < -0.39 is 0 Å². The van der Waals surface area contributed by atoms with E-state index in [9.17, 15) is 0 Å². The molecule has 11 rings (SSSR count). The lowest BCUT2D eigenvalue weighted by Crippen LogP contribution is -2.10. The van der Waals surface area contributed by atoms with Crippen molar-refractivity contribution in [2.24, 2.45) is 0 Å². The summed E-state index contributed by atoms with van der Waals surface area (Å²) in [5.41, 5.74) is 13.4. The molecule has 0 aliphatic rings. The maximum atomic E-state index is 6.95. The number of nitrogens with zero attached hydrogens (tertiary/aromatic N) is 1. The first-order chi connectivity index (χ1) is 27.3. The van der Waals surface area contributed by atoms with E-state index in [0.29, 0.717) is 0 Å². The summed E-state index contributed by atoms with van der Waals surface area (Å²) in [6.45, 7) is 0. The van der Waals surface area contributed by atoms with Gasteiger partial charge in [-0.15, -0.1) is 0 Å². The SMILES string of the molecule is c1ccc(-c2cccc3c2oc2ccc(-c4ccc(N(c5cccc6ccccc56)c5cccc6c5oc5c(-c7ccccc7)cccc56)cc4)cc23)cc1. The smallest absolute Gasteiger partial charge is 0.159 e. The van der Waals surface area contributed by atoms with Gasteiger partial charge >= 0.3 is 0 Å². The van der Waals surface area contributed by atoms with Gasteiger partial charge in [0.15, 0.2) is 5.58 Å². The third-order valence-electron chi connectivity index (χ3n) is 10.9. The Kier molecular flexibility index (Phi) is 7.17. The van der Waals surface area contributed by atoms with E-state index in [4.69, 9.17) is 8.83 Å². The maximum Gasteiger partial charge on any atom is 0.159 e. The van der Waals surface area contributed by atoms with Crippen LogP contribution in [-0.4, -0.2) is 0 Å². The Balaban J connectivity index is 1.06. The number of para-hydroxylation sites is 3. The van der Waals surface area contributed by atoms with Gasteiger partial charge in [0.1, 0.15) is 16.7 Å². The van der Waals surface area contributed by atoms with Crippen molar-refractivity contribution >= 4 is 71.7 Å². The molecule has 2 aromatic heterocycles. The van der Waals surface area contributed by atoms with Crippen molar-refractivity contribution in [3.63, 3.8) is 0 Å². The summed E-state index contributed by atoms with van der Waals surface area (Å²) < 4.78 is 13.4. The van der Waals surface area contributed by atoms with Crippen LogP contribution in [-0.2, 0) is 0 Å². The Hall–Kier alpha value is -7.36. The topological polar surface area (TPSA) is 29.5 Å². The van der Waals surface area contributed by atoms with Gasteiger partial charge in [-0.25, -0.2) is 0 Å². The number of rotatable bonds is 6. The normalized spacial score (nSPS) is 11.6. The van der Waals surface area contributed by atoms with Gasteiger partial charge in [0.2, 0.25) is 0 Å². The molecule has 11 aromatic rings. The molecular formula is C52H33NO2. The fourth-order valence-electron chi connectivity index (χ4n) is 8.26. The molecule has 0 aliphatic heterocycles. The molecule has 0 unspecified atom stereocenters. The minimum absolute atomic E-state index is 0.852. The van der Waals surface area contributed by atoms with Crippen molar-refractivity contribution in [1.82, 2.24) is 0 Å². The molecule has 0 fully saturated rings. The molecule has 0 amide bonds. The summed E-state index contributed by atoms with van der Waals surface area (Å²) in [7, 11) is 0. The van der Waals surface area contributed by atoms with E-state index >= 15 is 0 Å². The number of benzene rings is 9. The quantitative estimate of drug-likeness (QED) is 0.173. The molecule has 3 nitrogen and oxygen atoms in total. The van der Waals surface area contributed by atoms with Gasteiger partial charge < -0.3 is 13.7 Å². The lowest BCUT2D eigenvalue weighted by Gasteiger charge is -2.27. The van der Waals surface area contributed by atoms with Crippen molar-refractivity contribution < 1.29 is 8.83 Å².